The lowest BCUT2D eigenvalue weighted by Gasteiger charge is -2.17. The first kappa shape index (κ1) is 15.7. The molecule has 0 bridgehead atoms. The topological polar surface area (TPSA) is 72.9 Å². The molecule has 0 spiro atoms. The molecule has 2 aliphatic rings. The molecule has 0 saturated carbocycles. The Hall–Kier alpha value is -2.19. The highest BCUT2D eigenvalue weighted by Gasteiger charge is 2.46. The van der Waals surface area contributed by atoms with Crippen molar-refractivity contribution in [2.45, 2.75) is 12.5 Å². The third-order valence-corrected chi connectivity index (χ3v) is 4.73. The first-order valence-corrected chi connectivity index (χ1v) is 7.87. The zero-order chi connectivity index (χ0) is 16.6. The lowest BCUT2D eigenvalue weighted by atomic mass is 10.2. The highest BCUT2D eigenvalue weighted by Crippen LogP contribution is 2.36. The van der Waals surface area contributed by atoms with E-state index in [1.54, 1.807) is 37.5 Å². The number of benzene rings is 1. The average molecular weight is 349 g/mol. The van der Waals surface area contributed by atoms with Crippen molar-refractivity contribution in [3.8, 4) is 5.75 Å². The summed E-state index contributed by atoms with van der Waals surface area (Å²) in [5.41, 5.74) is 0.802. The fourth-order valence-corrected chi connectivity index (χ4v) is 3.62. The van der Waals surface area contributed by atoms with Crippen LogP contribution < -0.4 is 4.74 Å². The van der Waals surface area contributed by atoms with Crippen LogP contribution in [0.1, 0.15) is 12.0 Å². The number of hydrogen-bond acceptors (Lipinski definition) is 7. The van der Waals surface area contributed by atoms with E-state index in [1.807, 2.05) is 0 Å². The number of cyclic esters (lactones) is 2. The monoisotopic (exact) mass is 349 g/mol. The maximum atomic E-state index is 12.5. The highest BCUT2D eigenvalue weighted by molar-refractivity contribution is 8.26. The van der Waals surface area contributed by atoms with E-state index < -0.39 is 23.9 Å². The molecule has 2 saturated heterocycles. The van der Waals surface area contributed by atoms with E-state index in [-0.39, 0.29) is 10.7 Å². The molecule has 2 heterocycles. The van der Waals surface area contributed by atoms with E-state index in [9.17, 15) is 14.4 Å². The number of nitrogens with zero attached hydrogens (tertiary/aromatic N) is 1. The molecular weight excluding hydrogens is 338 g/mol. The second-order valence-electron chi connectivity index (χ2n) is 4.84. The zero-order valence-electron chi connectivity index (χ0n) is 12.0. The van der Waals surface area contributed by atoms with Crippen molar-refractivity contribution in [2.24, 2.45) is 0 Å². The number of carbonyl (C=O) groups excluding carboxylic acids is 3. The Bertz CT molecular complexity index is 741. The third kappa shape index (κ3) is 2.99. The molecule has 2 fully saturated rings. The van der Waals surface area contributed by atoms with Crippen molar-refractivity contribution < 1.29 is 23.9 Å². The number of thioether (sulfide) groups is 1. The van der Waals surface area contributed by atoms with Crippen molar-refractivity contribution in [3.63, 3.8) is 0 Å². The second-order valence-corrected chi connectivity index (χ2v) is 6.51. The van der Waals surface area contributed by atoms with Crippen molar-refractivity contribution in [2.75, 3.05) is 7.11 Å². The maximum Gasteiger partial charge on any atom is 0.337 e. The Balaban J connectivity index is 1.84. The number of esters is 2. The molecule has 0 radical (unpaired) electrons. The predicted octanol–water partition coefficient (Wildman–Crippen LogP) is 1.74. The lowest BCUT2D eigenvalue weighted by Crippen LogP contribution is -2.41. The normalized spacial score (nSPS) is 22.9. The fraction of sp³-hybridized carbons (Fsp3) is 0.200. The molecule has 8 heteroatoms. The average Bonchev–Trinajstić information content (AvgIpc) is 2.99. The minimum atomic E-state index is -0.961. The Morgan fingerprint density at radius 3 is 2.57 bits per heavy atom. The van der Waals surface area contributed by atoms with Gasteiger partial charge in [-0.1, -0.05) is 36.1 Å². The quantitative estimate of drug-likeness (QED) is 0.356. The maximum absolute atomic E-state index is 12.5. The van der Waals surface area contributed by atoms with Gasteiger partial charge in [0.1, 0.15) is 16.1 Å². The number of hydrogen-bond donors (Lipinski definition) is 0. The van der Waals surface area contributed by atoms with Crippen LogP contribution in [0.3, 0.4) is 0 Å². The summed E-state index contributed by atoms with van der Waals surface area (Å²) in [5, 5.41) is 0. The van der Waals surface area contributed by atoms with Crippen LogP contribution in [0.25, 0.3) is 6.08 Å². The van der Waals surface area contributed by atoms with Gasteiger partial charge in [-0.25, -0.2) is 4.79 Å². The second kappa shape index (κ2) is 6.13. The van der Waals surface area contributed by atoms with Crippen LogP contribution in [-0.2, 0) is 19.1 Å². The lowest BCUT2D eigenvalue weighted by molar-refractivity contribution is -0.153. The summed E-state index contributed by atoms with van der Waals surface area (Å²) in [6, 6.07) is 6.20. The van der Waals surface area contributed by atoms with Gasteiger partial charge in [-0.05, 0) is 23.8 Å². The first-order chi connectivity index (χ1) is 11.0. The molecule has 3 rings (SSSR count). The first-order valence-electron chi connectivity index (χ1n) is 6.65. The van der Waals surface area contributed by atoms with E-state index in [4.69, 9.17) is 17.0 Å². The molecule has 1 atom stereocenters. The van der Waals surface area contributed by atoms with Crippen LogP contribution in [0.2, 0.25) is 0 Å². The van der Waals surface area contributed by atoms with Crippen molar-refractivity contribution >= 4 is 52.2 Å². The number of methoxy groups -OCH3 is 1. The fourth-order valence-electron chi connectivity index (χ4n) is 2.26. The largest absolute Gasteiger partial charge is 0.497 e. The van der Waals surface area contributed by atoms with Crippen LogP contribution in [0.4, 0.5) is 0 Å². The minimum absolute atomic E-state index is 0.166. The van der Waals surface area contributed by atoms with Gasteiger partial charge in [0.2, 0.25) is 0 Å². The van der Waals surface area contributed by atoms with Crippen LogP contribution in [0, 0.1) is 0 Å². The number of rotatable bonds is 3. The third-order valence-electron chi connectivity index (χ3n) is 3.40. The summed E-state index contributed by atoms with van der Waals surface area (Å²) in [7, 11) is 1.57. The van der Waals surface area contributed by atoms with Crippen molar-refractivity contribution in [3.05, 3.63) is 34.7 Å². The van der Waals surface area contributed by atoms with E-state index in [1.165, 1.54) is 0 Å². The summed E-state index contributed by atoms with van der Waals surface area (Å²) in [5.74, 6) is -1.07. The number of thiocarbonyl (C=S) groups is 1. The van der Waals surface area contributed by atoms with Gasteiger partial charge in [0, 0.05) is 0 Å². The molecule has 0 N–H and O–H groups in total. The van der Waals surface area contributed by atoms with Gasteiger partial charge in [-0.2, -0.15) is 0 Å². The smallest absolute Gasteiger partial charge is 0.337 e. The van der Waals surface area contributed by atoms with Crippen LogP contribution in [-0.4, -0.2) is 40.2 Å². The van der Waals surface area contributed by atoms with Gasteiger partial charge in [-0.15, -0.1) is 0 Å². The molecule has 1 amide bonds. The van der Waals surface area contributed by atoms with Crippen molar-refractivity contribution in [1.29, 1.82) is 0 Å². The van der Waals surface area contributed by atoms with Gasteiger partial charge in [0.15, 0.2) is 0 Å². The summed E-state index contributed by atoms with van der Waals surface area (Å²) in [6.45, 7) is 0. The minimum Gasteiger partial charge on any atom is -0.497 e. The Morgan fingerprint density at radius 1 is 1.30 bits per heavy atom. The molecule has 23 heavy (non-hydrogen) atoms. The van der Waals surface area contributed by atoms with Gasteiger partial charge in [-0.3, -0.25) is 14.5 Å². The summed E-state index contributed by atoms with van der Waals surface area (Å²) < 4.78 is 9.81. The van der Waals surface area contributed by atoms with Gasteiger partial charge in [0.25, 0.3) is 5.91 Å². The summed E-state index contributed by atoms with van der Waals surface area (Å²) in [6.07, 6.45) is 1.52. The van der Waals surface area contributed by atoms with Crippen molar-refractivity contribution in [1.82, 2.24) is 4.90 Å². The number of ether oxygens (including phenoxy) is 2. The standard InChI is InChI=1S/C15H11NO5S2/c1-20-9-4-2-8(3-5-9)6-11-13(18)16(15(22)23-11)10-7-12(17)21-14(10)19/h2-6,10H,7H2,1H3/b11-6-/t10-/m0/s1. The number of carbonyl (C=O) groups is 3. The molecule has 0 aromatic heterocycles. The predicted molar refractivity (Wildman–Crippen MR) is 87.5 cm³/mol. The van der Waals surface area contributed by atoms with Crippen LogP contribution in [0.15, 0.2) is 29.2 Å². The van der Waals surface area contributed by atoms with Gasteiger partial charge in [0.05, 0.1) is 18.4 Å². The molecule has 118 valence electrons. The Morgan fingerprint density at radius 2 is 2.00 bits per heavy atom. The van der Waals surface area contributed by atoms with Gasteiger partial charge < -0.3 is 9.47 Å². The molecule has 1 aromatic carbocycles. The van der Waals surface area contributed by atoms with E-state index >= 15 is 0 Å². The molecule has 0 unspecified atom stereocenters. The SMILES string of the molecule is COc1ccc(/C=C2\SC(=S)N([C@H]3CC(=O)OC3=O)C2=O)cc1. The van der Waals surface area contributed by atoms with E-state index in [2.05, 4.69) is 4.74 Å². The highest BCUT2D eigenvalue weighted by atomic mass is 32.2. The molecule has 6 nitrogen and oxygen atoms in total. The summed E-state index contributed by atoms with van der Waals surface area (Å²) in [4.78, 5) is 36.9. The van der Waals surface area contributed by atoms with E-state index in [0.717, 1.165) is 22.2 Å². The van der Waals surface area contributed by atoms with Crippen LogP contribution >= 0.6 is 24.0 Å². The zero-order valence-corrected chi connectivity index (χ0v) is 13.6. The Kier molecular flexibility index (Phi) is 4.18. The Labute approximate surface area is 141 Å². The number of amides is 1. The molecule has 0 aliphatic carbocycles. The molecule has 2 aliphatic heterocycles. The van der Waals surface area contributed by atoms with Gasteiger partial charge >= 0.3 is 11.9 Å². The van der Waals surface area contributed by atoms with E-state index in [0.29, 0.717) is 10.7 Å². The molecule has 1 aromatic rings. The summed E-state index contributed by atoms with van der Waals surface area (Å²) >= 11 is 6.26. The molecular formula is C15H11NO5S2. The van der Waals surface area contributed by atoms with Crippen LogP contribution in [0.5, 0.6) is 5.75 Å².